The highest BCUT2D eigenvalue weighted by Gasteiger charge is 2.47. The Morgan fingerprint density at radius 2 is 2.00 bits per heavy atom. The van der Waals surface area contributed by atoms with Gasteiger partial charge < -0.3 is 5.32 Å². The van der Waals surface area contributed by atoms with E-state index in [1.165, 1.54) is 0 Å². The first-order valence-electron chi connectivity index (χ1n) is 6.02. The van der Waals surface area contributed by atoms with Gasteiger partial charge in [0.25, 0.3) is 0 Å². The monoisotopic (exact) mass is 280 g/mol. The number of hydrogen-bond donors (Lipinski definition) is 1. The molecule has 2 nitrogen and oxygen atoms in total. The molecule has 1 atom stereocenters. The average molecular weight is 281 g/mol. The Morgan fingerprint density at radius 1 is 1.33 bits per heavy atom. The Kier molecular flexibility index (Phi) is 3.79. The molecule has 1 fully saturated rings. The van der Waals surface area contributed by atoms with Gasteiger partial charge in [0.05, 0.1) is 6.07 Å². The van der Waals surface area contributed by atoms with Gasteiger partial charge in [-0.3, -0.25) is 0 Å². The number of anilines is 1. The predicted octanol–water partition coefficient (Wildman–Crippen LogP) is 4.18. The maximum Gasteiger partial charge on any atom is 0.139 e. The summed E-state index contributed by atoms with van der Waals surface area (Å²) in [6.07, 6.45) is 1.05. The van der Waals surface area contributed by atoms with E-state index in [2.05, 4.69) is 25.2 Å². The minimum absolute atomic E-state index is 0.0351. The molecule has 1 saturated heterocycles. The molecule has 2 rings (SSSR count). The summed E-state index contributed by atoms with van der Waals surface area (Å²) in [4.78, 5) is 0. The molecule has 96 valence electrons. The topological polar surface area (TPSA) is 35.8 Å². The van der Waals surface area contributed by atoms with E-state index in [0.29, 0.717) is 5.02 Å². The van der Waals surface area contributed by atoms with E-state index in [1.54, 1.807) is 0 Å². The fourth-order valence-electron chi connectivity index (χ4n) is 2.16. The Balaban J connectivity index is 2.28. The summed E-state index contributed by atoms with van der Waals surface area (Å²) in [6.45, 7) is 4.33. The molecule has 1 unspecified atom stereocenters. The minimum atomic E-state index is -0.510. The summed E-state index contributed by atoms with van der Waals surface area (Å²) in [5.74, 6) is 1.94. The fourth-order valence-corrected chi connectivity index (χ4v) is 3.92. The number of nitriles is 1. The number of nitrogens with zero attached hydrogens (tertiary/aromatic N) is 1. The van der Waals surface area contributed by atoms with E-state index < -0.39 is 5.54 Å². The molecule has 1 aromatic rings. The van der Waals surface area contributed by atoms with Gasteiger partial charge in [-0.1, -0.05) is 25.4 Å². The van der Waals surface area contributed by atoms with E-state index in [1.807, 2.05) is 36.0 Å². The Hall–Kier alpha value is -0.850. The highest BCUT2D eigenvalue weighted by atomic mass is 35.5. The Morgan fingerprint density at radius 3 is 2.56 bits per heavy atom. The summed E-state index contributed by atoms with van der Waals surface area (Å²) in [7, 11) is 0. The molecule has 4 heteroatoms. The maximum atomic E-state index is 9.64. The van der Waals surface area contributed by atoms with Crippen molar-refractivity contribution in [2.45, 2.75) is 25.8 Å². The van der Waals surface area contributed by atoms with Gasteiger partial charge in [-0.05, 0) is 36.4 Å². The van der Waals surface area contributed by atoms with E-state index in [9.17, 15) is 5.26 Å². The molecule has 1 aromatic carbocycles. The van der Waals surface area contributed by atoms with Crippen molar-refractivity contribution in [3.05, 3.63) is 29.3 Å². The van der Waals surface area contributed by atoms with Gasteiger partial charge in [-0.15, -0.1) is 0 Å². The van der Waals surface area contributed by atoms with Crippen LogP contribution in [-0.2, 0) is 0 Å². The third kappa shape index (κ3) is 2.46. The van der Waals surface area contributed by atoms with Crippen LogP contribution in [0, 0.1) is 16.7 Å². The molecule has 1 N–H and O–H groups in total. The lowest BCUT2D eigenvalue weighted by atomic mass is 9.71. The third-order valence-corrected chi connectivity index (χ3v) is 5.12. The fraction of sp³-hybridized carbons (Fsp3) is 0.500. The van der Waals surface area contributed by atoms with Crippen molar-refractivity contribution < 1.29 is 0 Å². The summed E-state index contributed by atoms with van der Waals surface area (Å²) in [5.41, 5.74) is 0.410. The van der Waals surface area contributed by atoms with Crippen molar-refractivity contribution in [2.24, 2.45) is 5.41 Å². The van der Waals surface area contributed by atoms with Crippen LogP contribution in [0.3, 0.4) is 0 Å². The van der Waals surface area contributed by atoms with Crippen LogP contribution in [0.4, 0.5) is 5.69 Å². The molecule has 0 radical (unpaired) electrons. The quantitative estimate of drug-likeness (QED) is 0.883. The van der Waals surface area contributed by atoms with Gasteiger partial charge in [0.15, 0.2) is 0 Å². The second-order valence-electron chi connectivity index (χ2n) is 5.34. The number of rotatable bonds is 2. The van der Waals surface area contributed by atoms with Crippen molar-refractivity contribution in [2.75, 3.05) is 16.8 Å². The van der Waals surface area contributed by atoms with Crippen LogP contribution in [0.15, 0.2) is 24.3 Å². The molecular weight excluding hydrogens is 264 g/mol. The molecule has 0 spiro atoms. The summed E-state index contributed by atoms with van der Waals surface area (Å²) >= 11 is 7.72. The molecule has 0 aliphatic carbocycles. The first-order valence-corrected chi connectivity index (χ1v) is 7.55. The zero-order valence-corrected chi connectivity index (χ0v) is 12.2. The lowest BCUT2D eigenvalue weighted by Crippen LogP contribution is -2.54. The van der Waals surface area contributed by atoms with Crippen molar-refractivity contribution >= 4 is 29.1 Å². The van der Waals surface area contributed by atoms with Crippen LogP contribution in [0.25, 0.3) is 0 Å². The van der Waals surface area contributed by atoms with Crippen molar-refractivity contribution in [3.8, 4) is 6.07 Å². The molecule has 18 heavy (non-hydrogen) atoms. The van der Waals surface area contributed by atoms with E-state index in [-0.39, 0.29) is 5.41 Å². The molecule has 1 aliphatic rings. The first-order chi connectivity index (χ1) is 8.49. The molecule has 1 aliphatic heterocycles. The van der Waals surface area contributed by atoms with E-state index in [0.717, 1.165) is 23.6 Å². The zero-order chi connectivity index (χ0) is 13.2. The third-order valence-electron chi connectivity index (χ3n) is 3.74. The standard InChI is InChI=1S/C14H17ClN2S/c1-13(2)7-8-18-10-14(13,9-16)17-12-5-3-11(15)4-6-12/h3-6,17H,7-8,10H2,1-2H3. The van der Waals surface area contributed by atoms with Crippen molar-refractivity contribution in [1.82, 2.24) is 0 Å². The van der Waals surface area contributed by atoms with E-state index >= 15 is 0 Å². The number of hydrogen-bond acceptors (Lipinski definition) is 3. The molecule has 0 bridgehead atoms. The lowest BCUT2D eigenvalue weighted by Gasteiger charge is -2.46. The molecular formula is C14H17ClN2S. The van der Waals surface area contributed by atoms with Crippen LogP contribution in [-0.4, -0.2) is 17.0 Å². The molecule has 0 saturated carbocycles. The second kappa shape index (κ2) is 5.03. The van der Waals surface area contributed by atoms with Crippen LogP contribution in [0.2, 0.25) is 5.02 Å². The maximum absolute atomic E-state index is 9.64. The normalized spacial score (nSPS) is 26.3. The molecule has 1 heterocycles. The van der Waals surface area contributed by atoms with Gasteiger partial charge in [0.2, 0.25) is 0 Å². The first kappa shape index (κ1) is 13.6. The highest BCUT2D eigenvalue weighted by molar-refractivity contribution is 7.99. The van der Waals surface area contributed by atoms with Gasteiger partial charge in [-0.2, -0.15) is 17.0 Å². The van der Waals surface area contributed by atoms with Gasteiger partial charge >= 0.3 is 0 Å². The van der Waals surface area contributed by atoms with Crippen molar-refractivity contribution in [1.29, 1.82) is 5.26 Å². The summed E-state index contributed by atoms with van der Waals surface area (Å²) in [6, 6.07) is 10.1. The minimum Gasteiger partial charge on any atom is -0.366 e. The number of halogens is 1. The predicted molar refractivity (Wildman–Crippen MR) is 79.1 cm³/mol. The largest absolute Gasteiger partial charge is 0.366 e. The van der Waals surface area contributed by atoms with Gasteiger partial charge in [0.1, 0.15) is 5.54 Å². The van der Waals surface area contributed by atoms with Crippen LogP contribution in [0.5, 0.6) is 0 Å². The van der Waals surface area contributed by atoms with Crippen LogP contribution >= 0.6 is 23.4 Å². The summed E-state index contributed by atoms with van der Waals surface area (Å²) < 4.78 is 0. The van der Waals surface area contributed by atoms with Gasteiger partial charge in [0, 0.05) is 21.9 Å². The second-order valence-corrected chi connectivity index (χ2v) is 6.88. The Bertz CT molecular complexity index is 464. The van der Waals surface area contributed by atoms with Crippen LogP contribution in [0.1, 0.15) is 20.3 Å². The van der Waals surface area contributed by atoms with E-state index in [4.69, 9.17) is 11.6 Å². The summed E-state index contributed by atoms with van der Waals surface area (Å²) in [5, 5.41) is 13.8. The molecule has 0 aromatic heterocycles. The van der Waals surface area contributed by atoms with Crippen molar-refractivity contribution in [3.63, 3.8) is 0 Å². The zero-order valence-electron chi connectivity index (χ0n) is 10.7. The highest BCUT2D eigenvalue weighted by Crippen LogP contribution is 2.43. The Labute approximate surface area is 118 Å². The van der Waals surface area contributed by atoms with Crippen LogP contribution < -0.4 is 5.32 Å². The molecule has 0 amide bonds. The smallest absolute Gasteiger partial charge is 0.139 e. The average Bonchev–Trinajstić information content (AvgIpc) is 2.34. The number of nitrogens with one attached hydrogen (secondary N) is 1. The lowest BCUT2D eigenvalue weighted by molar-refractivity contribution is 0.248. The number of benzene rings is 1. The number of thioether (sulfide) groups is 1. The van der Waals surface area contributed by atoms with Gasteiger partial charge in [-0.25, -0.2) is 0 Å². The SMILES string of the molecule is CC1(C)CCSCC1(C#N)Nc1ccc(Cl)cc1.